The van der Waals surface area contributed by atoms with Crippen molar-refractivity contribution in [3.8, 4) is 6.07 Å². The molecule has 0 amide bonds. The van der Waals surface area contributed by atoms with Gasteiger partial charge in [0.25, 0.3) is 0 Å². The summed E-state index contributed by atoms with van der Waals surface area (Å²) in [7, 11) is 2.15. The number of piperazine rings is 1. The van der Waals surface area contributed by atoms with Gasteiger partial charge in [-0.2, -0.15) is 5.26 Å². The van der Waals surface area contributed by atoms with Crippen LogP contribution in [0.4, 0.5) is 5.82 Å². The first-order valence-corrected chi connectivity index (χ1v) is 7.60. The summed E-state index contributed by atoms with van der Waals surface area (Å²) in [6.45, 7) is 2.89. The zero-order chi connectivity index (χ0) is 15.4. The number of nitrogens with zero attached hydrogens (tertiary/aromatic N) is 4. The third-order valence-corrected chi connectivity index (χ3v) is 4.18. The Morgan fingerprint density at radius 2 is 2.00 bits per heavy atom. The number of hydrogen-bond acceptors (Lipinski definition) is 4. The molecule has 1 saturated heterocycles. The van der Waals surface area contributed by atoms with E-state index in [0.29, 0.717) is 6.42 Å². The van der Waals surface area contributed by atoms with Gasteiger partial charge in [-0.15, -0.1) is 0 Å². The van der Waals surface area contributed by atoms with Crippen LogP contribution in [0.1, 0.15) is 17.2 Å². The van der Waals surface area contributed by atoms with Crippen LogP contribution in [0.2, 0.25) is 0 Å². The third-order valence-electron chi connectivity index (χ3n) is 4.18. The second-order valence-corrected chi connectivity index (χ2v) is 5.70. The van der Waals surface area contributed by atoms with Crippen molar-refractivity contribution in [2.45, 2.75) is 12.5 Å². The molecule has 3 rings (SSSR count). The van der Waals surface area contributed by atoms with Crippen LogP contribution in [0.25, 0.3) is 0 Å². The Morgan fingerprint density at radius 3 is 2.77 bits per heavy atom. The Morgan fingerprint density at radius 1 is 1.18 bits per heavy atom. The summed E-state index contributed by atoms with van der Waals surface area (Å²) in [5.74, 6) is 0.950. The molecule has 1 fully saturated rings. The summed E-state index contributed by atoms with van der Waals surface area (Å²) in [4.78, 5) is 9.28. The highest BCUT2D eigenvalue weighted by Gasteiger charge is 2.28. The molecule has 1 aliphatic heterocycles. The monoisotopic (exact) mass is 292 g/mol. The maximum absolute atomic E-state index is 9.06. The van der Waals surface area contributed by atoms with E-state index in [0.717, 1.165) is 31.0 Å². The van der Waals surface area contributed by atoms with Gasteiger partial charge in [0.1, 0.15) is 5.82 Å². The van der Waals surface area contributed by atoms with Crippen LogP contribution in [-0.2, 0) is 6.42 Å². The van der Waals surface area contributed by atoms with E-state index in [2.05, 4.69) is 52.2 Å². The molecule has 0 aliphatic carbocycles. The Balaban J connectivity index is 1.99. The van der Waals surface area contributed by atoms with Gasteiger partial charge >= 0.3 is 0 Å². The van der Waals surface area contributed by atoms with E-state index in [1.807, 2.05) is 24.4 Å². The molecule has 1 atom stereocenters. The van der Waals surface area contributed by atoms with Crippen molar-refractivity contribution in [1.82, 2.24) is 9.88 Å². The Labute approximate surface area is 131 Å². The fourth-order valence-electron chi connectivity index (χ4n) is 3.05. The van der Waals surface area contributed by atoms with E-state index in [1.54, 1.807) is 0 Å². The van der Waals surface area contributed by atoms with E-state index in [9.17, 15) is 0 Å². The van der Waals surface area contributed by atoms with Crippen molar-refractivity contribution in [2.75, 3.05) is 31.6 Å². The third kappa shape index (κ3) is 2.95. The number of likely N-dealkylation sites (N-methyl/N-ethyl adjacent to an activating group) is 1. The van der Waals surface area contributed by atoms with Gasteiger partial charge in [0, 0.05) is 31.4 Å². The van der Waals surface area contributed by atoms with Gasteiger partial charge in [-0.25, -0.2) is 4.98 Å². The first-order chi connectivity index (χ1) is 10.8. The van der Waals surface area contributed by atoms with Gasteiger partial charge in [-0.1, -0.05) is 36.4 Å². The molecule has 112 valence electrons. The zero-order valence-corrected chi connectivity index (χ0v) is 12.8. The molecule has 0 N–H and O–H groups in total. The molecular formula is C18H20N4. The van der Waals surface area contributed by atoms with Gasteiger partial charge < -0.3 is 9.80 Å². The average molecular weight is 292 g/mol. The molecule has 1 aromatic heterocycles. The fraction of sp³-hybridized carbons (Fsp3) is 0.333. The molecule has 2 aromatic rings. The van der Waals surface area contributed by atoms with Crippen molar-refractivity contribution >= 4 is 5.82 Å². The SMILES string of the molecule is CN1CCN(c2ncccc2CC#N)C(c2ccccc2)C1. The van der Waals surface area contributed by atoms with Gasteiger partial charge in [0.05, 0.1) is 18.5 Å². The highest BCUT2D eigenvalue weighted by Crippen LogP contribution is 2.31. The number of rotatable bonds is 3. The molecule has 0 radical (unpaired) electrons. The number of anilines is 1. The van der Waals surface area contributed by atoms with Gasteiger partial charge in [-0.05, 0) is 18.7 Å². The Bertz CT molecular complexity index is 662. The van der Waals surface area contributed by atoms with Gasteiger partial charge in [0.2, 0.25) is 0 Å². The molecule has 0 saturated carbocycles. The fourth-order valence-corrected chi connectivity index (χ4v) is 3.05. The quantitative estimate of drug-likeness (QED) is 0.872. The molecule has 1 aliphatic rings. The van der Waals surface area contributed by atoms with E-state index in [4.69, 9.17) is 5.26 Å². The van der Waals surface area contributed by atoms with Crippen LogP contribution in [-0.4, -0.2) is 36.6 Å². The van der Waals surface area contributed by atoms with E-state index < -0.39 is 0 Å². The van der Waals surface area contributed by atoms with Crippen molar-refractivity contribution in [1.29, 1.82) is 5.26 Å². The van der Waals surface area contributed by atoms with E-state index in [-0.39, 0.29) is 6.04 Å². The van der Waals surface area contributed by atoms with Gasteiger partial charge in [-0.3, -0.25) is 0 Å². The van der Waals surface area contributed by atoms with E-state index >= 15 is 0 Å². The number of aromatic nitrogens is 1. The number of nitriles is 1. The molecule has 22 heavy (non-hydrogen) atoms. The van der Waals surface area contributed by atoms with Crippen LogP contribution in [0.15, 0.2) is 48.7 Å². The molecular weight excluding hydrogens is 272 g/mol. The number of hydrogen-bond donors (Lipinski definition) is 0. The minimum atomic E-state index is 0.271. The summed E-state index contributed by atoms with van der Waals surface area (Å²) < 4.78 is 0. The predicted octanol–water partition coefficient (Wildman–Crippen LogP) is 2.64. The minimum Gasteiger partial charge on any atom is -0.347 e. The number of benzene rings is 1. The molecule has 0 spiro atoms. The van der Waals surface area contributed by atoms with E-state index in [1.165, 1.54) is 5.56 Å². The molecule has 1 aromatic carbocycles. The Hall–Kier alpha value is -2.38. The maximum atomic E-state index is 9.06. The second-order valence-electron chi connectivity index (χ2n) is 5.70. The summed E-state index contributed by atoms with van der Waals surface area (Å²) in [6, 6.07) is 17.0. The summed E-state index contributed by atoms with van der Waals surface area (Å²) in [5.41, 5.74) is 2.30. The molecule has 2 heterocycles. The van der Waals surface area contributed by atoms with Crippen LogP contribution in [0, 0.1) is 11.3 Å². The van der Waals surface area contributed by atoms with Crippen molar-refractivity contribution in [2.24, 2.45) is 0 Å². The lowest BCUT2D eigenvalue weighted by molar-refractivity contribution is 0.268. The molecule has 0 bridgehead atoms. The highest BCUT2D eigenvalue weighted by molar-refractivity contribution is 5.51. The smallest absolute Gasteiger partial charge is 0.133 e. The van der Waals surface area contributed by atoms with Crippen LogP contribution in [0.5, 0.6) is 0 Å². The standard InChI is InChI=1S/C18H20N4/c1-21-12-13-22(17(14-21)15-6-3-2-4-7-15)18-16(9-10-19)8-5-11-20-18/h2-8,11,17H,9,12-14H2,1H3. The normalized spacial score (nSPS) is 18.9. The largest absolute Gasteiger partial charge is 0.347 e. The topological polar surface area (TPSA) is 43.2 Å². The minimum absolute atomic E-state index is 0.271. The maximum Gasteiger partial charge on any atom is 0.133 e. The first kappa shape index (κ1) is 14.6. The van der Waals surface area contributed by atoms with Gasteiger partial charge in [0.15, 0.2) is 0 Å². The zero-order valence-electron chi connectivity index (χ0n) is 12.8. The summed E-state index contributed by atoms with van der Waals surface area (Å²) in [6.07, 6.45) is 2.22. The average Bonchev–Trinajstić information content (AvgIpc) is 2.57. The van der Waals surface area contributed by atoms with Crippen molar-refractivity contribution < 1.29 is 0 Å². The Kier molecular flexibility index (Phi) is 4.36. The lowest BCUT2D eigenvalue weighted by Gasteiger charge is -2.41. The van der Waals surface area contributed by atoms with Crippen LogP contribution < -0.4 is 4.90 Å². The summed E-state index contributed by atoms with van der Waals surface area (Å²) >= 11 is 0. The molecule has 4 heteroatoms. The highest BCUT2D eigenvalue weighted by atomic mass is 15.3. The van der Waals surface area contributed by atoms with Crippen molar-refractivity contribution in [3.05, 3.63) is 59.8 Å². The second kappa shape index (κ2) is 6.59. The lowest BCUT2D eigenvalue weighted by Crippen LogP contribution is -2.47. The van der Waals surface area contributed by atoms with Crippen LogP contribution >= 0.6 is 0 Å². The van der Waals surface area contributed by atoms with Crippen molar-refractivity contribution in [3.63, 3.8) is 0 Å². The lowest BCUT2D eigenvalue weighted by atomic mass is 10.0. The predicted molar refractivity (Wildman–Crippen MR) is 87.6 cm³/mol. The first-order valence-electron chi connectivity index (χ1n) is 7.60. The number of pyridine rings is 1. The van der Waals surface area contributed by atoms with Crippen LogP contribution in [0.3, 0.4) is 0 Å². The molecule has 4 nitrogen and oxygen atoms in total. The summed E-state index contributed by atoms with van der Waals surface area (Å²) in [5, 5.41) is 9.06. The molecule has 1 unspecified atom stereocenters.